The molecule has 192 valence electrons. The van der Waals surface area contributed by atoms with Gasteiger partial charge >= 0.3 is 0 Å². The van der Waals surface area contributed by atoms with E-state index in [2.05, 4.69) is 15.5 Å². The van der Waals surface area contributed by atoms with Crippen LogP contribution in [-0.4, -0.2) is 39.9 Å². The number of carbonyl (C=O) groups excluding carboxylic acids is 1. The van der Waals surface area contributed by atoms with Crippen molar-refractivity contribution < 1.29 is 19.0 Å². The molecule has 0 saturated heterocycles. The second-order valence-electron chi connectivity index (χ2n) is 8.51. The van der Waals surface area contributed by atoms with Crippen LogP contribution in [0.3, 0.4) is 0 Å². The number of para-hydroxylation sites is 1. The van der Waals surface area contributed by atoms with Gasteiger partial charge in [0.1, 0.15) is 11.5 Å². The van der Waals surface area contributed by atoms with Crippen LogP contribution in [0.5, 0.6) is 23.0 Å². The third-order valence-corrected chi connectivity index (χ3v) is 6.15. The van der Waals surface area contributed by atoms with Gasteiger partial charge in [0, 0.05) is 5.69 Å². The van der Waals surface area contributed by atoms with Crippen LogP contribution in [0.2, 0.25) is 0 Å². The lowest BCUT2D eigenvalue weighted by atomic mass is 10.0. The van der Waals surface area contributed by atoms with Gasteiger partial charge in [-0.1, -0.05) is 31.2 Å². The summed E-state index contributed by atoms with van der Waals surface area (Å²) in [5.74, 6) is 2.26. The van der Waals surface area contributed by atoms with E-state index in [0.29, 0.717) is 40.7 Å². The van der Waals surface area contributed by atoms with Crippen LogP contribution in [0.15, 0.2) is 72.8 Å². The van der Waals surface area contributed by atoms with E-state index in [1.165, 1.54) is 0 Å². The first-order chi connectivity index (χ1) is 18.5. The molecule has 5 aromatic rings. The van der Waals surface area contributed by atoms with Crippen LogP contribution in [0.4, 0.5) is 5.69 Å². The van der Waals surface area contributed by atoms with Gasteiger partial charge in [-0.05, 0) is 67.4 Å². The molecule has 0 fully saturated rings. The lowest BCUT2D eigenvalue weighted by Gasteiger charge is -2.10. The summed E-state index contributed by atoms with van der Waals surface area (Å²) in [5, 5.41) is 16.3. The second kappa shape index (κ2) is 10.6. The summed E-state index contributed by atoms with van der Waals surface area (Å²) in [4.78, 5) is 13.1. The van der Waals surface area contributed by atoms with Gasteiger partial charge < -0.3 is 19.5 Å². The number of carbonyl (C=O) groups is 1. The first kappa shape index (κ1) is 24.8. The molecule has 9 nitrogen and oxygen atoms in total. The summed E-state index contributed by atoms with van der Waals surface area (Å²) in [6.45, 7) is 3.83. The molecule has 2 aromatic heterocycles. The highest BCUT2D eigenvalue weighted by Gasteiger charge is 2.22. The van der Waals surface area contributed by atoms with E-state index >= 15 is 0 Å². The van der Waals surface area contributed by atoms with E-state index in [1.54, 1.807) is 49.9 Å². The van der Waals surface area contributed by atoms with Crippen molar-refractivity contribution in [3.63, 3.8) is 0 Å². The lowest BCUT2D eigenvalue weighted by Crippen LogP contribution is -2.18. The summed E-state index contributed by atoms with van der Waals surface area (Å²) in [6, 6.07) is 22.3. The number of fused-ring (bicyclic) bond motifs is 1. The predicted octanol–water partition coefficient (Wildman–Crippen LogP) is 5.72. The number of hydrogen-bond donors (Lipinski definition) is 1. The van der Waals surface area contributed by atoms with E-state index in [0.717, 1.165) is 22.6 Å². The molecule has 2 heterocycles. The highest BCUT2D eigenvalue weighted by Crippen LogP contribution is 2.35. The first-order valence-electron chi connectivity index (χ1n) is 12.1. The van der Waals surface area contributed by atoms with Crippen LogP contribution < -0.4 is 19.5 Å². The van der Waals surface area contributed by atoms with Gasteiger partial charge in [0.25, 0.3) is 5.91 Å². The molecular formula is C29H27N5O4. The Labute approximate surface area is 220 Å². The van der Waals surface area contributed by atoms with Crippen molar-refractivity contribution in [1.29, 1.82) is 0 Å². The topological polar surface area (TPSA) is 99.9 Å². The van der Waals surface area contributed by atoms with Gasteiger partial charge in [-0.15, -0.1) is 10.2 Å². The number of ether oxygens (including phenoxy) is 3. The molecule has 0 spiro atoms. The minimum absolute atomic E-state index is 0.186. The number of methoxy groups -OCH3 is 2. The maximum Gasteiger partial charge on any atom is 0.278 e. The fourth-order valence-corrected chi connectivity index (χ4v) is 4.22. The summed E-state index contributed by atoms with van der Waals surface area (Å²) in [7, 11) is 3.19. The number of nitrogens with zero attached hydrogens (tertiary/aromatic N) is 4. The molecule has 0 aliphatic rings. The van der Waals surface area contributed by atoms with E-state index in [-0.39, 0.29) is 11.6 Å². The SMILES string of the molecule is CCc1nn2c(C)c(C(=O)Nc3ccc(Oc4ccccc4)cc3)nnc2c1-c1ccc(OC)c(OC)c1. The molecule has 3 aromatic carbocycles. The van der Waals surface area contributed by atoms with Crippen LogP contribution >= 0.6 is 0 Å². The Kier molecular flexibility index (Phi) is 6.90. The summed E-state index contributed by atoms with van der Waals surface area (Å²) >= 11 is 0. The van der Waals surface area contributed by atoms with E-state index < -0.39 is 0 Å². The standard InChI is InChI=1S/C29H27N5O4/c1-5-23-26(19-11-16-24(36-3)25(17-19)37-4)28-32-31-27(18(2)34(28)33-23)29(35)30-20-12-14-22(15-13-20)38-21-9-7-6-8-10-21/h6-17H,5H2,1-4H3,(H,30,35). The third kappa shape index (κ3) is 4.73. The smallest absolute Gasteiger partial charge is 0.278 e. The van der Waals surface area contributed by atoms with Crippen molar-refractivity contribution in [2.45, 2.75) is 20.3 Å². The second-order valence-corrected chi connectivity index (χ2v) is 8.51. The third-order valence-electron chi connectivity index (χ3n) is 6.15. The number of anilines is 1. The number of rotatable bonds is 8. The van der Waals surface area contributed by atoms with Gasteiger partial charge in [0.2, 0.25) is 0 Å². The van der Waals surface area contributed by atoms with Gasteiger partial charge in [0.15, 0.2) is 22.8 Å². The zero-order chi connectivity index (χ0) is 26.6. The average molecular weight is 510 g/mol. The minimum Gasteiger partial charge on any atom is -0.493 e. The molecule has 0 aliphatic carbocycles. The zero-order valence-electron chi connectivity index (χ0n) is 21.6. The molecule has 9 heteroatoms. The Morgan fingerprint density at radius 3 is 2.29 bits per heavy atom. The lowest BCUT2D eigenvalue weighted by molar-refractivity contribution is 0.102. The van der Waals surface area contributed by atoms with Crippen molar-refractivity contribution in [1.82, 2.24) is 19.8 Å². The van der Waals surface area contributed by atoms with E-state index in [9.17, 15) is 4.79 Å². The number of aryl methyl sites for hydroxylation is 2. The van der Waals surface area contributed by atoms with Crippen LogP contribution in [0.1, 0.15) is 28.8 Å². The molecule has 5 rings (SSSR count). The Morgan fingerprint density at radius 2 is 1.61 bits per heavy atom. The zero-order valence-corrected chi connectivity index (χ0v) is 21.6. The van der Waals surface area contributed by atoms with Gasteiger partial charge in [0.05, 0.1) is 31.2 Å². The van der Waals surface area contributed by atoms with E-state index in [4.69, 9.17) is 19.3 Å². The Balaban J connectivity index is 1.42. The summed E-state index contributed by atoms with van der Waals surface area (Å²) in [5.41, 5.74) is 4.48. The molecule has 0 radical (unpaired) electrons. The molecular weight excluding hydrogens is 482 g/mol. The van der Waals surface area contributed by atoms with Crippen molar-refractivity contribution in [2.75, 3.05) is 19.5 Å². The van der Waals surface area contributed by atoms with E-state index in [1.807, 2.05) is 55.5 Å². The van der Waals surface area contributed by atoms with Crippen LogP contribution in [0, 0.1) is 6.92 Å². The Bertz CT molecular complexity index is 1600. The molecule has 1 amide bonds. The number of benzene rings is 3. The fourth-order valence-electron chi connectivity index (χ4n) is 4.22. The highest BCUT2D eigenvalue weighted by molar-refractivity contribution is 6.03. The maximum absolute atomic E-state index is 13.1. The van der Waals surface area contributed by atoms with Crippen LogP contribution in [-0.2, 0) is 6.42 Å². The van der Waals surface area contributed by atoms with Gasteiger partial charge in [-0.2, -0.15) is 5.10 Å². The van der Waals surface area contributed by atoms with Crippen molar-refractivity contribution >= 4 is 17.2 Å². The molecule has 38 heavy (non-hydrogen) atoms. The molecule has 1 N–H and O–H groups in total. The normalized spacial score (nSPS) is 10.8. The fraction of sp³-hybridized carbons (Fsp3) is 0.172. The Morgan fingerprint density at radius 1 is 0.895 bits per heavy atom. The number of hydrogen-bond acceptors (Lipinski definition) is 7. The number of amides is 1. The van der Waals surface area contributed by atoms with Crippen molar-refractivity contribution in [2.24, 2.45) is 0 Å². The van der Waals surface area contributed by atoms with Gasteiger partial charge in [-0.25, -0.2) is 4.52 Å². The summed E-state index contributed by atoms with van der Waals surface area (Å²) in [6.07, 6.45) is 0.672. The summed E-state index contributed by atoms with van der Waals surface area (Å²) < 4.78 is 18.3. The van der Waals surface area contributed by atoms with Crippen molar-refractivity contribution in [3.05, 3.63) is 89.9 Å². The Hall–Kier alpha value is -4.92. The molecule has 0 aliphatic heterocycles. The highest BCUT2D eigenvalue weighted by atomic mass is 16.5. The molecule has 0 saturated carbocycles. The number of aromatic nitrogens is 4. The maximum atomic E-state index is 13.1. The predicted molar refractivity (Wildman–Crippen MR) is 144 cm³/mol. The quantitative estimate of drug-likeness (QED) is 0.285. The van der Waals surface area contributed by atoms with Crippen LogP contribution in [0.25, 0.3) is 16.8 Å². The molecule has 0 atom stereocenters. The average Bonchev–Trinajstić information content (AvgIpc) is 3.34. The molecule has 0 bridgehead atoms. The largest absolute Gasteiger partial charge is 0.493 e. The minimum atomic E-state index is -0.380. The number of nitrogens with one attached hydrogen (secondary N) is 1. The van der Waals surface area contributed by atoms with Crippen molar-refractivity contribution in [3.8, 4) is 34.1 Å². The molecule has 0 unspecified atom stereocenters. The first-order valence-corrected chi connectivity index (χ1v) is 12.1. The monoisotopic (exact) mass is 509 g/mol. The van der Waals surface area contributed by atoms with Gasteiger partial charge in [-0.3, -0.25) is 4.79 Å².